The average Bonchev–Trinajstić information content (AvgIpc) is 1.97. The number of thioether (sulfide) groups is 1. The molecule has 68 valence electrons. The maximum absolute atomic E-state index is 9.41. The van der Waals surface area contributed by atoms with Crippen LogP contribution in [0.2, 0.25) is 0 Å². The highest BCUT2D eigenvalue weighted by Crippen LogP contribution is 2.13. The molecular formula is C9H20OS. The number of aliphatic hydroxyl groups excluding tert-OH is 1. The fourth-order valence-corrected chi connectivity index (χ4v) is 1.60. The third-order valence-electron chi connectivity index (χ3n) is 1.51. The van der Waals surface area contributed by atoms with E-state index in [0.29, 0.717) is 5.25 Å². The second kappa shape index (κ2) is 6.99. The molecule has 0 aromatic heterocycles. The molecule has 0 aliphatic rings. The molecule has 1 atom stereocenters. The smallest absolute Gasteiger partial charge is 0.0630 e. The van der Waals surface area contributed by atoms with Crippen molar-refractivity contribution < 1.29 is 5.11 Å². The van der Waals surface area contributed by atoms with E-state index in [2.05, 4.69) is 20.8 Å². The second-order valence-corrected chi connectivity index (χ2v) is 4.79. The Kier molecular flexibility index (Phi) is 7.18. The van der Waals surface area contributed by atoms with E-state index < -0.39 is 0 Å². The summed E-state index contributed by atoms with van der Waals surface area (Å²) >= 11 is 1.84. The lowest BCUT2D eigenvalue weighted by Gasteiger charge is -2.10. The van der Waals surface area contributed by atoms with Crippen molar-refractivity contribution in [1.82, 2.24) is 0 Å². The first-order chi connectivity index (χ1) is 5.16. The van der Waals surface area contributed by atoms with Crippen LogP contribution in [0.15, 0.2) is 0 Å². The van der Waals surface area contributed by atoms with E-state index in [-0.39, 0.29) is 6.10 Å². The summed E-state index contributed by atoms with van der Waals surface area (Å²) in [6, 6.07) is 0. The molecule has 0 aliphatic carbocycles. The topological polar surface area (TPSA) is 20.2 Å². The zero-order valence-electron chi connectivity index (χ0n) is 7.84. The molecule has 0 bridgehead atoms. The Labute approximate surface area is 74.6 Å². The third-order valence-corrected chi connectivity index (χ3v) is 2.76. The van der Waals surface area contributed by atoms with Crippen molar-refractivity contribution >= 4 is 11.8 Å². The van der Waals surface area contributed by atoms with Gasteiger partial charge in [0.2, 0.25) is 0 Å². The lowest BCUT2D eigenvalue weighted by atomic mass is 10.2. The number of unbranched alkanes of at least 4 members (excludes halogenated alkanes) is 1. The molecule has 0 aromatic rings. The van der Waals surface area contributed by atoms with Crippen molar-refractivity contribution in [3.63, 3.8) is 0 Å². The van der Waals surface area contributed by atoms with Crippen molar-refractivity contribution in [2.75, 3.05) is 5.75 Å². The van der Waals surface area contributed by atoms with E-state index in [1.165, 1.54) is 6.42 Å². The van der Waals surface area contributed by atoms with Crippen LogP contribution in [0.1, 0.15) is 40.0 Å². The fourth-order valence-electron chi connectivity index (χ4n) is 0.827. The van der Waals surface area contributed by atoms with Crippen molar-refractivity contribution in [2.24, 2.45) is 0 Å². The molecule has 1 nitrogen and oxygen atoms in total. The molecule has 0 spiro atoms. The summed E-state index contributed by atoms with van der Waals surface area (Å²) in [6.45, 7) is 6.48. The molecule has 0 amide bonds. The molecule has 0 rings (SSSR count). The minimum Gasteiger partial charge on any atom is -0.392 e. The third kappa shape index (κ3) is 8.21. The molecule has 0 saturated heterocycles. The Hall–Kier alpha value is 0.310. The highest BCUT2D eigenvalue weighted by Gasteiger charge is 2.04. The predicted molar refractivity (Wildman–Crippen MR) is 53.1 cm³/mol. The largest absolute Gasteiger partial charge is 0.392 e. The Bertz CT molecular complexity index is 83.6. The van der Waals surface area contributed by atoms with Crippen LogP contribution in [0.3, 0.4) is 0 Å². The van der Waals surface area contributed by atoms with Crippen LogP contribution >= 0.6 is 11.8 Å². The summed E-state index contributed by atoms with van der Waals surface area (Å²) < 4.78 is 0. The molecule has 2 heteroatoms. The molecule has 0 aromatic carbocycles. The van der Waals surface area contributed by atoms with Crippen molar-refractivity contribution in [2.45, 2.75) is 51.4 Å². The van der Waals surface area contributed by atoms with Crippen molar-refractivity contribution in [1.29, 1.82) is 0 Å². The quantitative estimate of drug-likeness (QED) is 0.671. The van der Waals surface area contributed by atoms with E-state index >= 15 is 0 Å². The van der Waals surface area contributed by atoms with Crippen LogP contribution in [-0.4, -0.2) is 22.2 Å². The van der Waals surface area contributed by atoms with Gasteiger partial charge in [0.1, 0.15) is 0 Å². The first kappa shape index (κ1) is 11.3. The van der Waals surface area contributed by atoms with Gasteiger partial charge in [-0.2, -0.15) is 11.8 Å². The molecular weight excluding hydrogens is 156 g/mol. The van der Waals surface area contributed by atoms with Gasteiger partial charge >= 0.3 is 0 Å². The van der Waals surface area contributed by atoms with Crippen molar-refractivity contribution in [3.05, 3.63) is 0 Å². The maximum atomic E-state index is 9.41. The van der Waals surface area contributed by atoms with Gasteiger partial charge in [-0.1, -0.05) is 33.6 Å². The average molecular weight is 176 g/mol. The summed E-state index contributed by atoms with van der Waals surface area (Å²) in [5.74, 6) is 0.900. The van der Waals surface area contributed by atoms with Gasteiger partial charge in [-0.05, 0) is 11.7 Å². The van der Waals surface area contributed by atoms with Gasteiger partial charge in [0.15, 0.2) is 0 Å². The Balaban J connectivity index is 3.15. The molecule has 0 fully saturated rings. The summed E-state index contributed by atoms with van der Waals surface area (Å²) in [7, 11) is 0. The predicted octanol–water partition coefficient (Wildman–Crippen LogP) is 2.68. The van der Waals surface area contributed by atoms with E-state index in [0.717, 1.165) is 18.6 Å². The maximum Gasteiger partial charge on any atom is 0.0630 e. The highest BCUT2D eigenvalue weighted by atomic mass is 32.2. The molecule has 0 aliphatic heterocycles. The van der Waals surface area contributed by atoms with Crippen LogP contribution in [0.5, 0.6) is 0 Å². The van der Waals surface area contributed by atoms with Crippen LogP contribution in [-0.2, 0) is 0 Å². The first-order valence-corrected chi connectivity index (χ1v) is 5.51. The lowest BCUT2D eigenvalue weighted by Crippen LogP contribution is -2.10. The zero-order valence-corrected chi connectivity index (χ0v) is 8.66. The molecule has 1 N–H and O–H groups in total. The number of aliphatic hydroxyl groups is 1. The first-order valence-electron chi connectivity index (χ1n) is 4.46. The SMILES string of the molecule is CCCCC(O)CSC(C)C. The van der Waals surface area contributed by atoms with Gasteiger partial charge in [0.05, 0.1) is 6.10 Å². The number of hydrogen-bond donors (Lipinski definition) is 1. The van der Waals surface area contributed by atoms with Crippen LogP contribution in [0.25, 0.3) is 0 Å². The summed E-state index contributed by atoms with van der Waals surface area (Å²) in [5.41, 5.74) is 0. The standard InChI is InChI=1S/C9H20OS/c1-4-5-6-9(10)7-11-8(2)3/h8-10H,4-7H2,1-3H3. The fraction of sp³-hybridized carbons (Fsp3) is 1.00. The molecule has 0 saturated carbocycles. The normalized spacial score (nSPS) is 13.9. The summed E-state index contributed by atoms with van der Waals surface area (Å²) in [4.78, 5) is 0. The van der Waals surface area contributed by atoms with Gasteiger partial charge in [0, 0.05) is 5.75 Å². The molecule has 11 heavy (non-hydrogen) atoms. The second-order valence-electron chi connectivity index (χ2n) is 3.18. The van der Waals surface area contributed by atoms with E-state index in [9.17, 15) is 5.11 Å². The zero-order chi connectivity index (χ0) is 8.69. The van der Waals surface area contributed by atoms with Gasteiger partial charge < -0.3 is 5.11 Å². The monoisotopic (exact) mass is 176 g/mol. The Morgan fingerprint density at radius 1 is 1.36 bits per heavy atom. The Morgan fingerprint density at radius 2 is 2.00 bits per heavy atom. The summed E-state index contributed by atoms with van der Waals surface area (Å²) in [6.07, 6.45) is 3.22. The molecule has 0 radical (unpaired) electrons. The van der Waals surface area contributed by atoms with Gasteiger partial charge in [0.25, 0.3) is 0 Å². The number of hydrogen-bond acceptors (Lipinski definition) is 2. The molecule has 0 heterocycles. The minimum atomic E-state index is -0.0812. The summed E-state index contributed by atoms with van der Waals surface area (Å²) in [5, 5.41) is 10.1. The van der Waals surface area contributed by atoms with E-state index in [1.807, 2.05) is 11.8 Å². The van der Waals surface area contributed by atoms with Gasteiger partial charge in [-0.25, -0.2) is 0 Å². The highest BCUT2D eigenvalue weighted by molar-refractivity contribution is 7.99. The van der Waals surface area contributed by atoms with Crippen LogP contribution < -0.4 is 0 Å². The van der Waals surface area contributed by atoms with Gasteiger partial charge in [-0.15, -0.1) is 0 Å². The van der Waals surface area contributed by atoms with Gasteiger partial charge in [-0.3, -0.25) is 0 Å². The van der Waals surface area contributed by atoms with E-state index in [4.69, 9.17) is 0 Å². The number of rotatable bonds is 6. The lowest BCUT2D eigenvalue weighted by molar-refractivity contribution is 0.186. The Morgan fingerprint density at radius 3 is 2.45 bits per heavy atom. The minimum absolute atomic E-state index is 0.0812. The van der Waals surface area contributed by atoms with E-state index in [1.54, 1.807) is 0 Å². The van der Waals surface area contributed by atoms with Crippen LogP contribution in [0, 0.1) is 0 Å². The molecule has 1 unspecified atom stereocenters. The van der Waals surface area contributed by atoms with Crippen LogP contribution in [0.4, 0.5) is 0 Å². The van der Waals surface area contributed by atoms with Crippen molar-refractivity contribution in [3.8, 4) is 0 Å².